The molecular formula is C7H5BrS2. The molecule has 0 aliphatic rings. The molecule has 0 aromatic carbocycles. The molecule has 0 aliphatic carbocycles. The number of rotatable bonds is 0. The van der Waals surface area contributed by atoms with Crippen molar-refractivity contribution >= 4 is 48.0 Å². The molecule has 0 bridgehead atoms. The van der Waals surface area contributed by atoms with Crippen molar-refractivity contribution in [3.8, 4) is 0 Å². The van der Waals surface area contributed by atoms with Gasteiger partial charge in [-0.2, -0.15) is 0 Å². The molecule has 52 valence electrons. The Labute approximate surface area is 75.6 Å². The average Bonchev–Trinajstić information content (AvgIpc) is 2.41. The van der Waals surface area contributed by atoms with Crippen LogP contribution in [0, 0.1) is 6.92 Å². The van der Waals surface area contributed by atoms with E-state index in [1.165, 1.54) is 18.7 Å². The number of aryl methyl sites for hydroxylation is 1. The van der Waals surface area contributed by atoms with E-state index in [0.717, 1.165) is 0 Å². The number of thiophene rings is 2. The van der Waals surface area contributed by atoms with Crippen molar-refractivity contribution in [2.75, 3.05) is 0 Å². The lowest BCUT2D eigenvalue weighted by atomic mass is 10.3. The van der Waals surface area contributed by atoms with Crippen LogP contribution in [0.1, 0.15) is 5.56 Å². The molecule has 0 atom stereocenters. The van der Waals surface area contributed by atoms with Crippen molar-refractivity contribution in [2.45, 2.75) is 6.92 Å². The van der Waals surface area contributed by atoms with E-state index >= 15 is 0 Å². The molecule has 0 aliphatic heterocycles. The van der Waals surface area contributed by atoms with E-state index in [-0.39, 0.29) is 0 Å². The van der Waals surface area contributed by atoms with Crippen molar-refractivity contribution in [3.63, 3.8) is 0 Å². The Hall–Kier alpha value is 0.140. The van der Waals surface area contributed by atoms with Crippen molar-refractivity contribution in [1.82, 2.24) is 0 Å². The van der Waals surface area contributed by atoms with Gasteiger partial charge in [-0.3, -0.25) is 0 Å². The second-order valence-corrected chi connectivity index (χ2v) is 5.64. The Bertz CT molecular complexity index is 358. The Morgan fingerprint density at radius 1 is 1.50 bits per heavy atom. The summed E-state index contributed by atoms with van der Waals surface area (Å²) in [6.07, 6.45) is 0. The molecule has 0 unspecified atom stereocenters. The summed E-state index contributed by atoms with van der Waals surface area (Å²) in [4.78, 5) is 0. The molecule has 2 heterocycles. The summed E-state index contributed by atoms with van der Waals surface area (Å²) in [5, 5.41) is 3.54. The van der Waals surface area contributed by atoms with Gasteiger partial charge in [-0.15, -0.1) is 22.7 Å². The number of halogens is 1. The van der Waals surface area contributed by atoms with Crippen LogP contribution in [0.2, 0.25) is 0 Å². The van der Waals surface area contributed by atoms with Gasteiger partial charge in [-0.25, -0.2) is 0 Å². The summed E-state index contributed by atoms with van der Waals surface area (Å²) in [6, 6.07) is 2.18. The average molecular weight is 233 g/mol. The highest BCUT2D eigenvalue weighted by Crippen LogP contribution is 2.37. The SMILES string of the molecule is Cc1c(Br)sc2sccc12. The molecule has 0 saturated carbocycles. The van der Waals surface area contributed by atoms with Crippen LogP contribution in [0.4, 0.5) is 0 Å². The highest BCUT2D eigenvalue weighted by Gasteiger charge is 2.05. The Balaban J connectivity index is 2.95. The molecule has 0 radical (unpaired) electrons. The highest BCUT2D eigenvalue weighted by atomic mass is 79.9. The first-order valence-corrected chi connectivity index (χ1v) is 5.40. The molecule has 0 N–H and O–H groups in total. The quantitative estimate of drug-likeness (QED) is 0.644. The zero-order valence-corrected chi connectivity index (χ0v) is 8.57. The van der Waals surface area contributed by atoms with Crippen molar-refractivity contribution in [1.29, 1.82) is 0 Å². The molecule has 0 saturated heterocycles. The standard InChI is InChI=1S/C7H5BrS2/c1-4-5-2-3-9-7(5)10-6(4)8/h2-3H,1H3. The zero-order valence-electron chi connectivity index (χ0n) is 5.35. The van der Waals surface area contributed by atoms with Gasteiger partial charge in [0, 0.05) is 5.39 Å². The van der Waals surface area contributed by atoms with Crippen LogP contribution in [0.3, 0.4) is 0 Å². The first kappa shape index (κ1) is 6.83. The van der Waals surface area contributed by atoms with Crippen molar-refractivity contribution in [2.24, 2.45) is 0 Å². The predicted molar refractivity (Wildman–Crippen MR) is 52.1 cm³/mol. The zero-order chi connectivity index (χ0) is 7.14. The molecule has 0 fully saturated rings. The predicted octanol–water partition coefficient (Wildman–Crippen LogP) is 4.03. The fourth-order valence-corrected chi connectivity index (χ4v) is 3.98. The largest absolute Gasteiger partial charge is 0.133 e. The van der Waals surface area contributed by atoms with Crippen LogP contribution in [0.5, 0.6) is 0 Å². The second kappa shape index (κ2) is 2.32. The van der Waals surface area contributed by atoms with Gasteiger partial charge in [0.05, 0.1) is 7.80 Å². The van der Waals surface area contributed by atoms with E-state index in [2.05, 4.69) is 34.3 Å². The van der Waals surface area contributed by atoms with Gasteiger partial charge < -0.3 is 0 Å². The lowest BCUT2D eigenvalue weighted by Gasteiger charge is -1.81. The second-order valence-electron chi connectivity index (χ2n) is 2.12. The molecule has 2 aromatic heterocycles. The van der Waals surface area contributed by atoms with Gasteiger partial charge in [0.1, 0.15) is 0 Å². The molecular weight excluding hydrogens is 228 g/mol. The first-order chi connectivity index (χ1) is 4.79. The van der Waals surface area contributed by atoms with Crippen LogP contribution in [0.15, 0.2) is 15.2 Å². The first-order valence-electron chi connectivity index (χ1n) is 2.91. The molecule has 0 spiro atoms. The summed E-state index contributed by atoms with van der Waals surface area (Å²) in [5.41, 5.74) is 1.38. The summed E-state index contributed by atoms with van der Waals surface area (Å²) >= 11 is 7.14. The third-order valence-corrected chi connectivity index (χ3v) is 4.73. The number of hydrogen-bond acceptors (Lipinski definition) is 2. The summed E-state index contributed by atoms with van der Waals surface area (Å²) < 4.78 is 2.69. The van der Waals surface area contributed by atoms with E-state index in [1.807, 2.05) is 22.7 Å². The minimum Gasteiger partial charge on any atom is -0.133 e. The number of hydrogen-bond donors (Lipinski definition) is 0. The fourth-order valence-electron chi connectivity index (χ4n) is 0.916. The monoisotopic (exact) mass is 232 g/mol. The maximum Gasteiger partial charge on any atom is 0.0879 e. The third-order valence-electron chi connectivity index (χ3n) is 1.51. The van der Waals surface area contributed by atoms with E-state index in [1.54, 1.807) is 0 Å². The van der Waals surface area contributed by atoms with Gasteiger partial charge in [0.2, 0.25) is 0 Å². The van der Waals surface area contributed by atoms with Gasteiger partial charge in [-0.1, -0.05) is 0 Å². The van der Waals surface area contributed by atoms with Crippen molar-refractivity contribution < 1.29 is 0 Å². The Kier molecular flexibility index (Phi) is 1.59. The highest BCUT2D eigenvalue weighted by molar-refractivity contribution is 9.11. The van der Waals surface area contributed by atoms with Gasteiger partial charge in [0.15, 0.2) is 0 Å². The van der Waals surface area contributed by atoms with E-state index in [4.69, 9.17) is 0 Å². The summed E-state index contributed by atoms with van der Waals surface area (Å²) in [7, 11) is 0. The topological polar surface area (TPSA) is 0 Å². The minimum absolute atomic E-state index is 1.27. The molecule has 0 amide bonds. The lowest BCUT2D eigenvalue weighted by molar-refractivity contribution is 1.58. The third kappa shape index (κ3) is 0.847. The Morgan fingerprint density at radius 2 is 2.30 bits per heavy atom. The smallest absolute Gasteiger partial charge is 0.0879 e. The minimum atomic E-state index is 1.27. The molecule has 2 rings (SSSR count). The van der Waals surface area contributed by atoms with Gasteiger partial charge in [-0.05, 0) is 39.9 Å². The molecule has 2 aromatic rings. The van der Waals surface area contributed by atoms with E-state index in [9.17, 15) is 0 Å². The summed E-state index contributed by atoms with van der Waals surface area (Å²) in [5.74, 6) is 0. The molecule has 0 nitrogen and oxygen atoms in total. The fraction of sp³-hybridized carbons (Fsp3) is 0.143. The lowest BCUT2D eigenvalue weighted by Crippen LogP contribution is -1.60. The normalized spacial score (nSPS) is 11.0. The maximum atomic E-state index is 3.51. The van der Waals surface area contributed by atoms with E-state index in [0.29, 0.717) is 0 Å². The summed E-state index contributed by atoms with van der Waals surface area (Å²) in [6.45, 7) is 2.15. The van der Waals surface area contributed by atoms with Crippen molar-refractivity contribution in [3.05, 3.63) is 20.8 Å². The van der Waals surface area contributed by atoms with Crippen LogP contribution >= 0.6 is 38.6 Å². The van der Waals surface area contributed by atoms with Crippen LogP contribution in [-0.2, 0) is 0 Å². The number of fused-ring (bicyclic) bond motifs is 1. The Morgan fingerprint density at radius 3 is 3.00 bits per heavy atom. The van der Waals surface area contributed by atoms with Crippen LogP contribution in [0.25, 0.3) is 9.40 Å². The maximum absolute atomic E-state index is 3.51. The van der Waals surface area contributed by atoms with Gasteiger partial charge >= 0.3 is 0 Å². The van der Waals surface area contributed by atoms with E-state index < -0.39 is 0 Å². The molecule has 3 heteroatoms. The van der Waals surface area contributed by atoms with Gasteiger partial charge in [0.25, 0.3) is 0 Å². The van der Waals surface area contributed by atoms with Crippen LogP contribution < -0.4 is 0 Å². The molecule has 10 heavy (non-hydrogen) atoms. The van der Waals surface area contributed by atoms with Crippen LogP contribution in [-0.4, -0.2) is 0 Å².